The van der Waals surface area contributed by atoms with Gasteiger partial charge in [0.1, 0.15) is 0 Å². The van der Waals surface area contributed by atoms with Crippen LogP contribution in [0.15, 0.2) is 29.3 Å². The van der Waals surface area contributed by atoms with Crippen LogP contribution in [0.5, 0.6) is 0 Å². The van der Waals surface area contributed by atoms with Crippen LogP contribution in [-0.2, 0) is 15.9 Å². The van der Waals surface area contributed by atoms with Gasteiger partial charge in [0.2, 0.25) is 0 Å². The first-order valence-electron chi connectivity index (χ1n) is 9.24. The molecule has 1 heterocycles. The van der Waals surface area contributed by atoms with Crippen molar-refractivity contribution in [1.29, 1.82) is 0 Å². The van der Waals surface area contributed by atoms with Gasteiger partial charge in [-0.3, -0.25) is 4.99 Å². The molecular weight excluding hydrogens is 338 g/mol. The Labute approximate surface area is 156 Å². The number of ether oxygens (including phenoxy) is 2. The minimum absolute atomic E-state index is 0.361. The molecule has 0 radical (unpaired) electrons. The van der Waals surface area contributed by atoms with Crippen molar-refractivity contribution >= 4 is 17.6 Å². The molecule has 0 aromatic heterocycles. The molecule has 5 nitrogen and oxygen atoms in total. The van der Waals surface area contributed by atoms with Gasteiger partial charge in [-0.25, -0.2) is 0 Å². The van der Waals surface area contributed by atoms with Crippen LogP contribution in [0, 0.1) is 0 Å². The molecule has 1 aromatic rings. The van der Waals surface area contributed by atoms with E-state index < -0.39 is 0 Å². The Balaban J connectivity index is 1.64. The average molecular weight is 368 g/mol. The van der Waals surface area contributed by atoms with Crippen LogP contribution >= 0.6 is 11.6 Å². The van der Waals surface area contributed by atoms with Gasteiger partial charge in [0.05, 0.1) is 6.10 Å². The van der Waals surface area contributed by atoms with Crippen LogP contribution in [0.3, 0.4) is 0 Å². The molecular formula is C19H30ClN3O2. The Hall–Kier alpha value is -1.30. The number of hydrogen-bond acceptors (Lipinski definition) is 3. The van der Waals surface area contributed by atoms with Gasteiger partial charge in [-0.15, -0.1) is 0 Å². The van der Waals surface area contributed by atoms with Crippen molar-refractivity contribution in [1.82, 2.24) is 10.6 Å². The molecule has 1 aliphatic rings. The van der Waals surface area contributed by atoms with Gasteiger partial charge in [-0.2, -0.15) is 0 Å². The molecule has 1 fully saturated rings. The summed E-state index contributed by atoms with van der Waals surface area (Å²) >= 11 is 6.19. The molecule has 25 heavy (non-hydrogen) atoms. The third-order valence-electron chi connectivity index (χ3n) is 4.08. The van der Waals surface area contributed by atoms with E-state index in [9.17, 15) is 0 Å². The van der Waals surface area contributed by atoms with E-state index in [1.807, 2.05) is 18.2 Å². The van der Waals surface area contributed by atoms with E-state index in [0.29, 0.717) is 6.10 Å². The summed E-state index contributed by atoms with van der Waals surface area (Å²) < 4.78 is 11.2. The van der Waals surface area contributed by atoms with Crippen molar-refractivity contribution in [2.45, 2.75) is 38.7 Å². The van der Waals surface area contributed by atoms with Crippen molar-refractivity contribution in [3.05, 3.63) is 34.9 Å². The predicted octanol–water partition coefficient (Wildman–Crippen LogP) is 3.02. The molecule has 6 heteroatoms. The first-order chi connectivity index (χ1) is 12.3. The van der Waals surface area contributed by atoms with E-state index in [1.54, 1.807) is 0 Å². The summed E-state index contributed by atoms with van der Waals surface area (Å²) in [5.41, 5.74) is 1.15. The Morgan fingerprint density at radius 1 is 1.28 bits per heavy atom. The maximum absolute atomic E-state index is 6.19. The maximum atomic E-state index is 6.19. The number of nitrogens with zero attached hydrogens (tertiary/aromatic N) is 1. The van der Waals surface area contributed by atoms with Crippen LogP contribution < -0.4 is 10.6 Å². The topological polar surface area (TPSA) is 54.9 Å². The van der Waals surface area contributed by atoms with Gasteiger partial charge in [0.15, 0.2) is 5.96 Å². The number of guanidine groups is 1. The summed E-state index contributed by atoms with van der Waals surface area (Å²) in [6, 6.07) is 7.95. The van der Waals surface area contributed by atoms with Crippen molar-refractivity contribution in [2.75, 3.05) is 39.5 Å². The normalized spacial score (nSPS) is 16.0. The van der Waals surface area contributed by atoms with E-state index in [0.717, 1.165) is 81.7 Å². The number of halogens is 1. The molecule has 0 unspecified atom stereocenters. The van der Waals surface area contributed by atoms with E-state index >= 15 is 0 Å². The van der Waals surface area contributed by atoms with Gasteiger partial charge < -0.3 is 20.1 Å². The lowest BCUT2D eigenvalue weighted by Gasteiger charge is -2.22. The summed E-state index contributed by atoms with van der Waals surface area (Å²) in [6.45, 7) is 6.87. The highest BCUT2D eigenvalue weighted by molar-refractivity contribution is 6.31. The fourth-order valence-electron chi connectivity index (χ4n) is 2.71. The first kappa shape index (κ1) is 20.0. The van der Waals surface area contributed by atoms with Gasteiger partial charge in [0, 0.05) is 44.5 Å². The summed E-state index contributed by atoms with van der Waals surface area (Å²) in [7, 11) is 0. The highest BCUT2D eigenvalue weighted by Crippen LogP contribution is 2.14. The largest absolute Gasteiger partial charge is 0.381 e. The van der Waals surface area contributed by atoms with Crippen LogP contribution in [0.1, 0.15) is 31.7 Å². The third-order valence-corrected chi connectivity index (χ3v) is 4.45. The lowest BCUT2D eigenvalue weighted by molar-refractivity contribution is -0.0318. The standard InChI is InChI=1S/C19H30ClN3O2/c1-2-21-19(23-12-8-16-6-3-4-7-18(16)20)22-11-5-13-25-17-9-14-24-15-10-17/h3-4,6-7,17H,2,5,8-15H2,1H3,(H2,21,22,23). The first-order valence-corrected chi connectivity index (χ1v) is 9.62. The molecule has 2 rings (SSSR count). The molecule has 0 aliphatic carbocycles. The zero-order valence-corrected chi connectivity index (χ0v) is 15.9. The molecule has 0 atom stereocenters. The summed E-state index contributed by atoms with van der Waals surface area (Å²) in [4.78, 5) is 4.61. The highest BCUT2D eigenvalue weighted by atomic mass is 35.5. The number of rotatable bonds is 9. The van der Waals surface area contributed by atoms with Gasteiger partial charge in [-0.1, -0.05) is 29.8 Å². The predicted molar refractivity (Wildman–Crippen MR) is 104 cm³/mol. The van der Waals surface area contributed by atoms with E-state index in [2.05, 4.69) is 28.6 Å². The fraction of sp³-hybridized carbons (Fsp3) is 0.632. The number of nitrogens with one attached hydrogen (secondary N) is 2. The van der Waals surface area contributed by atoms with Crippen molar-refractivity contribution in [2.24, 2.45) is 4.99 Å². The Morgan fingerprint density at radius 2 is 2.08 bits per heavy atom. The number of benzene rings is 1. The smallest absolute Gasteiger partial charge is 0.191 e. The monoisotopic (exact) mass is 367 g/mol. The molecule has 0 spiro atoms. The van der Waals surface area contributed by atoms with Crippen molar-refractivity contribution < 1.29 is 9.47 Å². The fourth-order valence-corrected chi connectivity index (χ4v) is 2.94. The number of hydrogen-bond donors (Lipinski definition) is 2. The summed E-state index contributed by atoms with van der Waals surface area (Å²) in [5.74, 6) is 0.848. The summed E-state index contributed by atoms with van der Waals surface area (Å²) in [5, 5.41) is 7.45. The molecule has 2 N–H and O–H groups in total. The second-order valence-corrected chi connectivity index (χ2v) is 6.47. The second kappa shape index (κ2) is 12.1. The highest BCUT2D eigenvalue weighted by Gasteiger charge is 2.13. The lowest BCUT2D eigenvalue weighted by Crippen LogP contribution is -2.38. The van der Waals surface area contributed by atoms with E-state index in [4.69, 9.17) is 21.1 Å². The van der Waals surface area contributed by atoms with E-state index in [1.165, 1.54) is 0 Å². The minimum atomic E-state index is 0.361. The Kier molecular flexibility index (Phi) is 9.70. The SMILES string of the molecule is CCNC(=NCCCOC1CCOCC1)NCCc1ccccc1Cl. The van der Waals surface area contributed by atoms with Gasteiger partial charge in [-0.05, 0) is 44.2 Å². The van der Waals surface area contributed by atoms with E-state index in [-0.39, 0.29) is 0 Å². The Morgan fingerprint density at radius 3 is 2.84 bits per heavy atom. The minimum Gasteiger partial charge on any atom is -0.381 e. The van der Waals surface area contributed by atoms with Crippen LogP contribution in [0.2, 0.25) is 5.02 Å². The lowest BCUT2D eigenvalue weighted by atomic mass is 10.1. The van der Waals surface area contributed by atoms with Crippen molar-refractivity contribution in [3.8, 4) is 0 Å². The molecule has 1 saturated heterocycles. The van der Waals surface area contributed by atoms with Gasteiger partial charge in [0.25, 0.3) is 0 Å². The zero-order valence-electron chi connectivity index (χ0n) is 15.1. The van der Waals surface area contributed by atoms with Crippen LogP contribution in [0.25, 0.3) is 0 Å². The average Bonchev–Trinajstić information content (AvgIpc) is 2.64. The third kappa shape index (κ3) is 8.08. The molecule has 1 aliphatic heterocycles. The quantitative estimate of drug-likeness (QED) is 0.400. The van der Waals surface area contributed by atoms with Gasteiger partial charge >= 0.3 is 0 Å². The molecule has 1 aromatic carbocycles. The van der Waals surface area contributed by atoms with Crippen molar-refractivity contribution in [3.63, 3.8) is 0 Å². The molecule has 0 bridgehead atoms. The van der Waals surface area contributed by atoms with Crippen LogP contribution in [-0.4, -0.2) is 51.5 Å². The second-order valence-electron chi connectivity index (χ2n) is 6.06. The maximum Gasteiger partial charge on any atom is 0.191 e. The molecule has 140 valence electrons. The Bertz CT molecular complexity index is 519. The molecule has 0 amide bonds. The zero-order chi connectivity index (χ0) is 17.7. The number of aliphatic imine (C=N–C) groups is 1. The summed E-state index contributed by atoms with van der Waals surface area (Å²) in [6.07, 6.45) is 4.18. The molecule has 0 saturated carbocycles. The van der Waals surface area contributed by atoms with Crippen LogP contribution in [0.4, 0.5) is 0 Å².